The van der Waals surface area contributed by atoms with Crippen molar-refractivity contribution in [2.45, 2.75) is 13.8 Å². The van der Waals surface area contributed by atoms with Crippen LogP contribution in [0.1, 0.15) is 13.8 Å². The van der Waals surface area contributed by atoms with E-state index in [2.05, 4.69) is 34.7 Å². The molecular formula is C15H21N3O4. The number of rotatable bonds is 9. The lowest BCUT2D eigenvalue weighted by molar-refractivity contribution is -0.114. The molecule has 0 aliphatic rings. The number of hydrogen-bond acceptors (Lipinski definition) is 7. The molecule has 1 heterocycles. The van der Waals surface area contributed by atoms with Crippen LogP contribution >= 0.6 is 0 Å². The highest BCUT2D eigenvalue weighted by molar-refractivity contribution is 5.72. The normalized spacial score (nSPS) is 8.82. The van der Waals surface area contributed by atoms with Crippen molar-refractivity contribution in [3.8, 4) is 18.0 Å². The molecule has 0 atom stereocenters. The van der Waals surface area contributed by atoms with Gasteiger partial charge in [0.05, 0.1) is 0 Å². The summed E-state index contributed by atoms with van der Waals surface area (Å²) in [5.74, 6) is 0.167. The van der Waals surface area contributed by atoms with Crippen LogP contribution in [0.4, 0.5) is 0 Å². The molecule has 0 spiro atoms. The van der Waals surface area contributed by atoms with Crippen LogP contribution in [0, 0.1) is 0 Å². The van der Waals surface area contributed by atoms with Gasteiger partial charge in [0.2, 0.25) is 0 Å². The Balaban J connectivity index is 0.000000980. The summed E-state index contributed by atoms with van der Waals surface area (Å²) in [6.45, 7) is 14.5. The molecule has 22 heavy (non-hydrogen) atoms. The zero-order valence-electron chi connectivity index (χ0n) is 12.9. The van der Waals surface area contributed by atoms with Gasteiger partial charge in [-0.3, -0.25) is 0 Å². The van der Waals surface area contributed by atoms with E-state index >= 15 is 0 Å². The second-order valence-corrected chi connectivity index (χ2v) is 3.89. The van der Waals surface area contributed by atoms with Gasteiger partial charge in [-0.05, 0) is 13.8 Å². The van der Waals surface area contributed by atoms with Crippen LogP contribution in [0.2, 0.25) is 0 Å². The van der Waals surface area contributed by atoms with Gasteiger partial charge in [0.25, 0.3) is 0 Å². The summed E-state index contributed by atoms with van der Waals surface area (Å²) in [4.78, 5) is 21.3. The minimum atomic E-state index is 0.114. The van der Waals surface area contributed by atoms with Crippen molar-refractivity contribution in [3.63, 3.8) is 0 Å². The fraction of sp³-hybridized carbons (Fsp3) is 0.333. The Hall–Kier alpha value is -2.70. The van der Waals surface area contributed by atoms with E-state index in [9.17, 15) is 4.79 Å². The van der Waals surface area contributed by atoms with Crippen LogP contribution in [-0.4, -0.2) is 40.6 Å². The fourth-order valence-corrected chi connectivity index (χ4v) is 0.914. The molecule has 120 valence electrons. The number of carbonyl (C=O) groups is 1. The molecule has 0 bridgehead atoms. The molecule has 0 amide bonds. The summed E-state index contributed by atoms with van der Waals surface area (Å²) in [6.07, 6.45) is 4.75. The van der Waals surface area contributed by atoms with E-state index in [0.29, 0.717) is 0 Å². The van der Waals surface area contributed by atoms with Crippen LogP contribution in [0.25, 0.3) is 0 Å². The minimum absolute atomic E-state index is 0.114. The van der Waals surface area contributed by atoms with Crippen molar-refractivity contribution in [1.29, 1.82) is 0 Å². The van der Waals surface area contributed by atoms with Crippen LogP contribution in [0.5, 0.6) is 18.0 Å². The Kier molecular flexibility index (Phi) is 10.6. The second kappa shape index (κ2) is 12.1. The fourth-order valence-electron chi connectivity index (χ4n) is 0.914. The Labute approximate surface area is 130 Å². The van der Waals surface area contributed by atoms with Crippen LogP contribution in [0.15, 0.2) is 38.0 Å². The molecule has 0 fully saturated rings. The van der Waals surface area contributed by atoms with Gasteiger partial charge in [0.15, 0.2) is 0 Å². The van der Waals surface area contributed by atoms with Gasteiger partial charge in [-0.1, -0.05) is 38.0 Å². The number of aromatic nitrogens is 3. The molecule has 0 aliphatic heterocycles. The SMILES string of the molecule is C=CCOc1nc(OCC=C)nc(OCC=C)n1.CC(C)=O. The second-order valence-electron chi connectivity index (χ2n) is 3.89. The molecule has 1 aromatic heterocycles. The summed E-state index contributed by atoms with van der Waals surface area (Å²) in [5.41, 5.74) is 0. The summed E-state index contributed by atoms with van der Waals surface area (Å²) < 4.78 is 15.6. The van der Waals surface area contributed by atoms with Crippen molar-refractivity contribution in [2.24, 2.45) is 0 Å². The predicted molar refractivity (Wildman–Crippen MR) is 83.3 cm³/mol. The maximum Gasteiger partial charge on any atom is 0.326 e. The Morgan fingerprint density at radius 1 is 0.818 bits per heavy atom. The highest BCUT2D eigenvalue weighted by Crippen LogP contribution is 2.14. The Morgan fingerprint density at radius 2 is 1.05 bits per heavy atom. The Morgan fingerprint density at radius 3 is 1.23 bits per heavy atom. The minimum Gasteiger partial charge on any atom is -0.459 e. The van der Waals surface area contributed by atoms with Crippen molar-refractivity contribution in [2.75, 3.05) is 19.8 Å². The molecule has 1 rings (SSSR count). The quantitative estimate of drug-likeness (QED) is 0.646. The molecule has 7 nitrogen and oxygen atoms in total. The molecule has 1 aromatic rings. The van der Waals surface area contributed by atoms with Crippen molar-refractivity contribution < 1.29 is 19.0 Å². The number of ether oxygens (including phenoxy) is 3. The van der Waals surface area contributed by atoms with Gasteiger partial charge in [-0.15, -0.1) is 15.0 Å². The largest absolute Gasteiger partial charge is 0.459 e. The maximum absolute atomic E-state index is 9.44. The monoisotopic (exact) mass is 307 g/mol. The topological polar surface area (TPSA) is 83.4 Å². The molecule has 0 N–H and O–H groups in total. The molecule has 0 aromatic carbocycles. The molecule has 7 heteroatoms. The zero-order chi connectivity index (χ0) is 16.8. The van der Waals surface area contributed by atoms with Gasteiger partial charge in [-0.25, -0.2) is 0 Å². The third-order valence-electron chi connectivity index (χ3n) is 1.56. The number of Topliss-reactive ketones (excluding diaryl/α,β-unsaturated/α-hetero) is 1. The average Bonchev–Trinajstić information content (AvgIpc) is 2.48. The molecule has 0 saturated carbocycles. The molecule has 0 saturated heterocycles. The first-order chi connectivity index (χ1) is 10.5. The lowest BCUT2D eigenvalue weighted by Gasteiger charge is -2.07. The third-order valence-corrected chi connectivity index (χ3v) is 1.56. The summed E-state index contributed by atoms with van der Waals surface area (Å²) >= 11 is 0. The van der Waals surface area contributed by atoms with Gasteiger partial charge in [0, 0.05) is 0 Å². The number of carbonyl (C=O) groups excluding carboxylic acids is 1. The van der Waals surface area contributed by atoms with Crippen LogP contribution < -0.4 is 14.2 Å². The number of ketones is 1. The molecule has 0 unspecified atom stereocenters. The van der Waals surface area contributed by atoms with E-state index in [1.807, 2.05) is 0 Å². The summed E-state index contributed by atoms with van der Waals surface area (Å²) in [5, 5.41) is 0. The van der Waals surface area contributed by atoms with E-state index in [1.54, 1.807) is 18.2 Å². The van der Waals surface area contributed by atoms with Crippen molar-refractivity contribution in [3.05, 3.63) is 38.0 Å². The van der Waals surface area contributed by atoms with E-state index in [0.717, 1.165) is 0 Å². The van der Waals surface area contributed by atoms with Crippen molar-refractivity contribution in [1.82, 2.24) is 15.0 Å². The van der Waals surface area contributed by atoms with E-state index in [4.69, 9.17) is 14.2 Å². The average molecular weight is 307 g/mol. The van der Waals surface area contributed by atoms with Gasteiger partial charge in [0.1, 0.15) is 25.6 Å². The van der Waals surface area contributed by atoms with E-state index in [-0.39, 0.29) is 43.6 Å². The molecular weight excluding hydrogens is 286 g/mol. The first-order valence-electron chi connectivity index (χ1n) is 6.47. The Bertz CT molecular complexity index is 425. The highest BCUT2D eigenvalue weighted by Gasteiger charge is 2.08. The van der Waals surface area contributed by atoms with E-state index < -0.39 is 0 Å². The van der Waals surface area contributed by atoms with Crippen LogP contribution in [0.3, 0.4) is 0 Å². The van der Waals surface area contributed by atoms with Crippen LogP contribution in [-0.2, 0) is 4.79 Å². The van der Waals surface area contributed by atoms with E-state index in [1.165, 1.54) is 13.8 Å². The lowest BCUT2D eigenvalue weighted by atomic mass is 10.6. The van der Waals surface area contributed by atoms with Gasteiger partial charge in [-0.2, -0.15) is 0 Å². The number of hydrogen-bond donors (Lipinski definition) is 0. The standard InChI is InChI=1S/C12H15N3O3.C3H6O/c1-4-7-16-10-13-11(17-8-5-2)15-12(14-10)18-9-6-3;1-3(2)4/h4-6H,1-3,7-9H2;1-2H3. The highest BCUT2D eigenvalue weighted by atomic mass is 16.5. The summed E-state index contributed by atoms with van der Waals surface area (Å²) in [6, 6.07) is 0.342. The van der Waals surface area contributed by atoms with Crippen molar-refractivity contribution >= 4 is 5.78 Å². The first kappa shape index (κ1) is 19.3. The smallest absolute Gasteiger partial charge is 0.326 e. The van der Waals surface area contributed by atoms with Gasteiger partial charge < -0.3 is 19.0 Å². The number of nitrogens with zero attached hydrogens (tertiary/aromatic N) is 3. The molecule has 0 aliphatic carbocycles. The third kappa shape index (κ3) is 10.1. The molecule has 0 radical (unpaired) electrons. The summed E-state index contributed by atoms with van der Waals surface area (Å²) in [7, 11) is 0. The lowest BCUT2D eigenvalue weighted by Crippen LogP contribution is -2.07. The predicted octanol–water partition coefficient (Wildman–Crippen LogP) is 2.16. The zero-order valence-corrected chi connectivity index (χ0v) is 12.9. The first-order valence-corrected chi connectivity index (χ1v) is 6.47. The maximum atomic E-state index is 9.44. The van der Waals surface area contributed by atoms with Gasteiger partial charge >= 0.3 is 18.0 Å².